The first kappa shape index (κ1) is 12.0. The van der Waals surface area contributed by atoms with Crippen molar-refractivity contribution in [3.8, 4) is 0 Å². The third-order valence-electron chi connectivity index (χ3n) is 2.38. The first-order valence-corrected chi connectivity index (χ1v) is 5.27. The Labute approximate surface area is 94.3 Å². The summed E-state index contributed by atoms with van der Waals surface area (Å²) in [5, 5.41) is 8.00. The van der Waals surface area contributed by atoms with Crippen LogP contribution in [0.1, 0.15) is 20.3 Å². The topological polar surface area (TPSA) is 54.4 Å². The van der Waals surface area contributed by atoms with Crippen LogP contribution in [0.4, 0.5) is 0 Å². The number of hydrogen-bond acceptors (Lipinski definition) is 3. The predicted octanol–water partition coefficient (Wildman–Crippen LogP) is 1.85. The van der Waals surface area contributed by atoms with E-state index in [1.54, 1.807) is 13.0 Å². The summed E-state index contributed by atoms with van der Waals surface area (Å²) in [7, 11) is 0. The molecule has 82 valence electrons. The van der Waals surface area contributed by atoms with Gasteiger partial charge in [0.25, 0.3) is 0 Å². The second-order valence-corrected chi connectivity index (χ2v) is 4.40. The monoisotopic (exact) mass is 226 g/mol. The van der Waals surface area contributed by atoms with E-state index in [9.17, 15) is 9.59 Å². The van der Waals surface area contributed by atoms with E-state index in [0.717, 1.165) is 5.57 Å². The molecule has 0 fully saturated rings. The van der Waals surface area contributed by atoms with Crippen molar-refractivity contribution in [2.24, 2.45) is 5.92 Å². The lowest BCUT2D eigenvalue weighted by atomic mass is 9.89. The van der Waals surface area contributed by atoms with Crippen molar-refractivity contribution < 1.29 is 14.7 Å². The average molecular weight is 226 g/mol. The molecule has 2 unspecified atom stereocenters. The lowest BCUT2D eigenvalue weighted by Crippen LogP contribution is -2.18. The van der Waals surface area contributed by atoms with Crippen LogP contribution in [-0.2, 0) is 9.59 Å². The molecule has 0 heterocycles. The highest BCUT2D eigenvalue weighted by atomic mass is 32.1. The summed E-state index contributed by atoms with van der Waals surface area (Å²) in [5.41, 5.74) is 1.56. The van der Waals surface area contributed by atoms with Crippen molar-refractivity contribution >= 4 is 24.4 Å². The molecule has 0 amide bonds. The number of aliphatic carboxylic acids is 1. The Bertz CT molecular complexity index is 355. The summed E-state index contributed by atoms with van der Waals surface area (Å²) < 4.78 is 0. The Morgan fingerprint density at radius 2 is 2.27 bits per heavy atom. The highest BCUT2D eigenvalue weighted by Gasteiger charge is 2.20. The number of rotatable bonds is 3. The van der Waals surface area contributed by atoms with Gasteiger partial charge in [0, 0.05) is 5.92 Å². The molecule has 0 spiro atoms. The molecule has 1 aliphatic rings. The number of thiol groups is 1. The first-order chi connectivity index (χ1) is 6.91. The predicted molar refractivity (Wildman–Crippen MR) is 61.0 cm³/mol. The number of carboxylic acids is 1. The molecule has 4 heteroatoms. The molecule has 0 aromatic rings. The molecule has 1 N–H and O–H groups in total. The maximum atomic E-state index is 11.4. The number of carboxylic acid groups (broad SMARTS) is 1. The maximum Gasteiger partial charge on any atom is 0.316 e. The summed E-state index contributed by atoms with van der Waals surface area (Å²) in [6, 6.07) is 0. The summed E-state index contributed by atoms with van der Waals surface area (Å²) in [4.78, 5) is 22.1. The van der Waals surface area contributed by atoms with Gasteiger partial charge in [0.2, 0.25) is 0 Å². The molecule has 1 aliphatic carbocycles. The number of carbonyl (C=O) groups excluding carboxylic acids is 1. The molecular formula is C11H14O3S. The van der Waals surface area contributed by atoms with Gasteiger partial charge in [-0.15, -0.1) is 0 Å². The fraction of sp³-hybridized carbons (Fsp3) is 0.455. The van der Waals surface area contributed by atoms with Crippen LogP contribution in [0.2, 0.25) is 0 Å². The molecular weight excluding hydrogens is 212 g/mol. The van der Waals surface area contributed by atoms with Gasteiger partial charge in [-0.05, 0) is 24.5 Å². The number of Topliss-reactive ketones (excluding diaryl/α,β-unsaturated/α-hetero) is 1. The molecule has 15 heavy (non-hydrogen) atoms. The van der Waals surface area contributed by atoms with E-state index in [1.165, 1.54) is 0 Å². The molecule has 0 aliphatic heterocycles. The van der Waals surface area contributed by atoms with Gasteiger partial charge >= 0.3 is 5.97 Å². The van der Waals surface area contributed by atoms with Crippen LogP contribution in [0.25, 0.3) is 0 Å². The van der Waals surface area contributed by atoms with Crippen LogP contribution in [-0.4, -0.2) is 22.1 Å². The van der Waals surface area contributed by atoms with Crippen molar-refractivity contribution in [2.45, 2.75) is 25.5 Å². The molecule has 0 saturated heterocycles. The minimum absolute atomic E-state index is 0.102. The van der Waals surface area contributed by atoms with Crippen LogP contribution in [0, 0.1) is 5.92 Å². The molecule has 3 nitrogen and oxygen atoms in total. The van der Waals surface area contributed by atoms with E-state index in [0.29, 0.717) is 12.0 Å². The average Bonchev–Trinajstić information content (AvgIpc) is 2.13. The minimum atomic E-state index is -0.935. The van der Waals surface area contributed by atoms with Crippen molar-refractivity contribution in [3.05, 3.63) is 23.3 Å². The van der Waals surface area contributed by atoms with E-state index < -0.39 is 11.2 Å². The van der Waals surface area contributed by atoms with Gasteiger partial charge in [0.15, 0.2) is 5.78 Å². The largest absolute Gasteiger partial charge is 0.480 e. The molecule has 0 aromatic heterocycles. The Morgan fingerprint density at radius 1 is 1.67 bits per heavy atom. The SMILES string of the molecule is CC1=CC(CC(S)C(=O)O)=CC(C)C1=O. The van der Waals surface area contributed by atoms with E-state index in [1.807, 2.05) is 13.0 Å². The van der Waals surface area contributed by atoms with Crippen LogP contribution >= 0.6 is 12.6 Å². The number of carbonyl (C=O) groups is 2. The zero-order chi connectivity index (χ0) is 11.6. The smallest absolute Gasteiger partial charge is 0.316 e. The van der Waals surface area contributed by atoms with Gasteiger partial charge in [-0.2, -0.15) is 12.6 Å². The first-order valence-electron chi connectivity index (χ1n) is 4.76. The highest BCUT2D eigenvalue weighted by Crippen LogP contribution is 2.23. The second-order valence-electron chi connectivity index (χ2n) is 3.78. The maximum absolute atomic E-state index is 11.4. The van der Waals surface area contributed by atoms with E-state index in [4.69, 9.17) is 5.11 Å². The third-order valence-corrected chi connectivity index (χ3v) is 2.79. The van der Waals surface area contributed by atoms with Crippen molar-refractivity contribution in [1.82, 2.24) is 0 Å². The Hall–Kier alpha value is -1.03. The van der Waals surface area contributed by atoms with Gasteiger partial charge in [0.05, 0.1) is 0 Å². The summed E-state index contributed by atoms with van der Waals surface area (Å²) in [5.74, 6) is -0.987. The molecule has 0 bridgehead atoms. The Kier molecular flexibility index (Phi) is 3.74. The van der Waals surface area contributed by atoms with Gasteiger partial charge < -0.3 is 5.11 Å². The number of allylic oxidation sites excluding steroid dienone is 4. The fourth-order valence-corrected chi connectivity index (χ4v) is 1.80. The number of hydrogen-bond donors (Lipinski definition) is 2. The van der Waals surface area contributed by atoms with Gasteiger partial charge in [0.1, 0.15) is 5.25 Å². The van der Waals surface area contributed by atoms with Crippen molar-refractivity contribution in [2.75, 3.05) is 0 Å². The molecule has 0 radical (unpaired) electrons. The van der Waals surface area contributed by atoms with Crippen LogP contribution in [0.15, 0.2) is 23.3 Å². The van der Waals surface area contributed by atoms with Crippen LogP contribution in [0.5, 0.6) is 0 Å². The van der Waals surface area contributed by atoms with Crippen molar-refractivity contribution in [1.29, 1.82) is 0 Å². The van der Waals surface area contributed by atoms with Crippen LogP contribution < -0.4 is 0 Å². The van der Waals surface area contributed by atoms with Crippen LogP contribution in [0.3, 0.4) is 0 Å². The summed E-state index contributed by atoms with van der Waals surface area (Å²) in [6.45, 7) is 3.56. The Balaban J connectivity index is 2.77. The van der Waals surface area contributed by atoms with E-state index in [-0.39, 0.29) is 11.7 Å². The standard InChI is InChI=1S/C11H14O3S/c1-6-3-8(4-7(2)10(6)12)5-9(15)11(13)14/h3-4,6,9,15H,5H2,1-2H3,(H,13,14). The molecule has 0 saturated carbocycles. The van der Waals surface area contributed by atoms with Gasteiger partial charge in [-0.3, -0.25) is 9.59 Å². The summed E-state index contributed by atoms with van der Waals surface area (Å²) in [6.07, 6.45) is 3.91. The van der Waals surface area contributed by atoms with Gasteiger partial charge in [-0.1, -0.05) is 19.1 Å². The van der Waals surface area contributed by atoms with E-state index in [2.05, 4.69) is 12.6 Å². The minimum Gasteiger partial charge on any atom is -0.480 e. The quantitative estimate of drug-likeness (QED) is 0.722. The van der Waals surface area contributed by atoms with Crippen molar-refractivity contribution in [3.63, 3.8) is 0 Å². The molecule has 1 rings (SSSR count). The van der Waals surface area contributed by atoms with Gasteiger partial charge in [-0.25, -0.2) is 0 Å². The summed E-state index contributed by atoms with van der Waals surface area (Å²) >= 11 is 3.96. The lowest BCUT2D eigenvalue weighted by molar-refractivity contribution is -0.136. The normalized spacial score (nSPS) is 23.1. The zero-order valence-electron chi connectivity index (χ0n) is 8.73. The fourth-order valence-electron chi connectivity index (χ4n) is 1.59. The number of ketones is 1. The third kappa shape index (κ3) is 2.96. The molecule has 2 atom stereocenters. The van der Waals surface area contributed by atoms with E-state index >= 15 is 0 Å². The second kappa shape index (κ2) is 4.66. The lowest BCUT2D eigenvalue weighted by Gasteiger charge is -2.16. The molecule has 0 aromatic carbocycles. The Morgan fingerprint density at radius 3 is 2.73 bits per heavy atom. The highest BCUT2D eigenvalue weighted by molar-refractivity contribution is 7.81. The zero-order valence-corrected chi connectivity index (χ0v) is 9.62.